The van der Waals surface area contributed by atoms with Crippen LogP contribution in [0.3, 0.4) is 0 Å². The van der Waals surface area contributed by atoms with Crippen molar-refractivity contribution in [1.82, 2.24) is 0 Å². The third-order valence-corrected chi connectivity index (χ3v) is 6.57. The van der Waals surface area contributed by atoms with Gasteiger partial charge in [-0.1, -0.05) is 42.5 Å². The summed E-state index contributed by atoms with van der Waals surface area (Å²) in [5, 5.41) is 0. The fourth-order valence-electron chi connectivity index (χ4n) is 3.25. The highest BCUT2D eigenvalue weighted by molar-refractivity contribution is 7.54. The van der Waals surface area contributed by atoms with Crippen LogP contribution in [0, 0.1) is 6.92 Å². The molecule has 0 amide bonds. The molecule has 0 heterocycles. The second kappa shape index (κ2) is 10.9. The molecule has 33 heavy (non-hydrogen) atoms. The molecule has 3 aromatic rings. The Bertz CT molecular complexity index is 1130. The maximum absolute atomic E-state index is 13.7. The van der Waals surface area contributed by atoms with E-state index >= 15 is 0 Å². The fourth-order valence-corrected chi connectivity index (χ4v) is 4.82. The van der Waals surface area contributed by atoms with Gasteiger partial charge in [0.25, 0.3) is 0 Å². The van der Waals surface area contributed by atoms with Crippen LogP contribution in [0.4, 0.5) is 0 Å². The number of rotatable bonds is 9. The number of hydrogen-bond acceptors (Lipinski definition) is 6. The van der Waals surface area contributed by atoms with Crippen LogP contribution in [0.25, 0.3) is 5.57 Å². The van der Waals surface area contributed by atoms with Gasteiger partial charge >= 0.3 is 13.6 Å². The van der Waals surface area contributed by atoms with E-state index in [0.29, 0.717) is 33.9 Å². The highest BCUT2D eigenvalue weighted by atomic mass is 31.2. The Kier molecular flexibility index (Phi) is 7.96. The van der Waals surface area contributed by atoms with E-state index in [-0.39, 0.29) is 6.16 Å². The van der Waals surface area contributed by atoms with Crippen molar-refractivity contribution in [3.8, 4) is 17.2 Å². The molecular weight excluding hydrogens is 439 g/mol. The number of esters is 1. The van der Waals surface area contributed by atoms with Gasteiger partial charge in [0.05, 0.1) is 25.9 Å². The van der Waals surface area contributed by atoms with Crippen molar-refractivity contribution in [3.05, 3.63) is 95.6 Å². The topological polar surface area (TPSA) is 71.1 Å². The molecule has 6 nitrogen and oxygen atoms in total. The van der Waals surface area contributed by atoms with Crippen LogP contribution in [0.15, 0.2) is 78.9 Å². The summed E-state index contributed by atoms with van der Waals surface area (Å²) >= 11 is 0. The minimum Gasteiger partial charge on any atom is -0.496 e. The van der Waals surface area contributed by atoms with Crippen LogP contribution in [-0.4, -0.2) is 26.4 Å². The normalized spacial score (nSPS) is 11.6. The molecule has 0 fully saturated rings. The van der Waals surface area contributed by atoms with Gasteiger partial charge in [0.15, 0.2) is 0 Å². The molecule has 0 atom stereocenters. The molecule has 0 spiro atoms. The Labute approximate surface area is 194 Å². The molecule has 0 aliphatic carbocycles. The number of carbonyl (C=O) groups excluding carboxylic acids is 1. The summed E-state index contributed by atoms with van der Waals surface area (Å²) in [6, 6.07) is 21.2. The lowest BCUT2D eigenvalue weighted by molar-refractivity contribution is 0.0600. The Morgan fingerprint density at radius 3 is 1.91 bits per heavy atom. The standard InChI is InChI=1S/C26H27O6P/c1-19(23-18-25(29-3)20(2)17-24(23)26(27)30-4)15-16-33(28,31-21-11-7-5-8-12-21)32-22-13-9-6-10-14-22/h5-15,17-18H,16H2,1-4H3/b19-15+. The van der Waals surface area contributed by atoms with Crippen LogP contribution in [-0.2, 0) is 9.30 Å². The monoisotopic (exact) mass is 466 g/mol. The summed E-state index contributed by atoms with van der Waals surface area (Å²) in [5.74, 6) is 1.05. The quantitative estimate of drug-likeness (QED) is 0.263. The Morgan fingerprint density at radius 1 is 0.879 bits per heavy atom. The zero-order chi connectivity index (χ0) is 23.8. The summed E-state index contributed by atoms with van der Waals surface area (Å²) < 4.78 is 35.8. The summed E-state index contributed by atoms with van der Waals surface area (Å²) in [4.78, 5) is 12.4. The minimum absolute atomic E-state index is 0.0145. The van der Waals surface area contributed by atoms with E-state index in [1.54, 1.807) is 73.8 Å². The van der Waals surface area contributed by atoms with Gasteiger partial charge in [-0.05, 0) is 66.9 Å². The van der Waals surface area contributed by atoms with Crippen molar-refractivity contribution in [1.29, 1.82) is 0 Å². The van der Waals surface area contributed by atoms with E-state index in [2.05, 4.69) is 0 Å². The first-order valence-electron chi connectivity index (χ1n) is 10.4. The van der Waals surface area contributed by atoms with Crippen LogP contribution in [0.1, 0.15) is 28.4 Å². The number of aryl methyl sites for hydroxylation is 1. The smallest absolute Gasteiger partial charge is 0.434 e. The zero-order valence-electron chi connectivity index (χ0n) is 19.1. The average Bonchev–Trinajstić information content (AvgIpc) is 2.83. The predicted octanol–water partition coefficient (Wildman–Crippen LogP) is 6.54. The van der Waals surface area contributed by atoms with Gasteiger partial charge in [0.2, 0.25) is 0 Å². The van der Waals surface area contributed by atoms with Gasteiger partial charge in [-0.2, -0.15) is 0 Å². The summed E-state index contributed by atoms with van der Waals surface area (Å²) in [6.07, 6.45) is 1.72. The fraction of sp³-hybridized carbons (Fsp3) is 0.192. The molecule has 0 radical (unpaired) electrons. The van der Waals surface area contributed by atoms with E-state index in [1.165, 1.54) is 7.11 Å². The number of allylic oxidation sites excluding steroid dienone is 2. The first-order valence-corrected chi connectivity index (χ1v) is 12.1. The second-order valence-electron chi connectivity index (χ2n) is 7.35. The number of ether oxygens (including phenoxy) is 2. The van der Waals surface area contributed by atoms with Crippen molar-refractivity contribution in [2.75, 3.05) is 20.4 Å². The maximum Gasteiger partial charge on any atom is 0.434 e. The largest absolute Gasteiger partial charge is 0.496 e. The Balaban J connectivity index is 1.97. The van der Waals surface area contributed by atoms with Gasteiger partial charge in [-0.15, -0.1) is 0 Å². The Morgan fingerprint density at radius 2 is 1.42 bits per heavy atom. The summed E-state index contributed by atoms with van der Waals surface area (Å²) in [7, 11) is -0.734. The second-order valence-corrected chi connectivity index (χ2v) is 9.30. The van der Waals surface area contributed by atoms with Crippen LogP contribution in [0.2, 0.25) is 0 Å². The number of hydrogen-bond donors (Lipinski definition) is 0. The lowest BCUT2D eigenvalue weighted by Crippen LogP contribution is -2.07. The van der Waals surface area contributed by atoms with Gasteiger partial charge in [-0.25, -0.2) is 9.36 Å². The molecule has 172 valence electrons. The first kappa shape index (κ1) is 24.1. The zero-order valence-corrected chi connectivity index (χ0v) is 20.0. The van der Waals surface area contributed by atoms with Crippen molar-refractivity contribution in [3.63, 3.8) is 0 Å². The number of benzene rings is 3. The molecule has 0 bridgehead atoms. The summed E-state index contributed by atoms with van der Waals surface area (Å²) in [5.41, 5.74) is 2.53. The van der Waals surface area contributed by atoms with Crippen LogP contribution in [0.5, 0.6) is 17.2 Å². The van der Waals surface area contributed by atoms with E-state index in [1.807, 2.05) is 26.0 Å². The van der Waals surface area contributed by atoms with E-state index in [0.717, 1.165) is 5.56 Å². The molecule has 0 saturated carbocycles. The molecule has 0 aliphatic rings. The van der Waals surface area contributed by atoms with Gasteiger partial charge < -0.3 is 18.5 Å². The number of methoxy groups -OCH3 is 2. The van der Waals surface area contributed by atoms with Gasteiger partial charge in [-0.3, -0.25) is 0 Å². The highest BCUT2D eigenvalue weighted by Crippen LogP contribution is 2.49. The predicted molar refractivity (Wildman–Crippen MR) is 129 cm³/mol. The number of para-hydroxylation sites is 2. The summed E-state index contributed by atoms with van der Waals surface area (Å²) in [6.45, 7) is 3.68. The molecule has 7 heteroatoms. The van der Waals surface area contributed by atoms with Gasteiger partial charge in [0.1, 0.15) is 17.2 Å². The third kappa shape index (κ3) is 6.27. The highest BCUT2D eigenvalue weighted by Gasteiger charge is 2.27. The van der Waals surface area contributed by atoms with Crippen molar-refractivity contribution >= 4 is 19.1 Å². The minimum atomic E-state index is -3.64. The molecule has 0 aromatic heterocycles. The van der Waals surface area contributed by atoms with Crippen LogP contribution >= 0.6 is 7.60 Å². The molecule has 0 saturated heterocycles. The molecule has 3 rings (SSSR count). The molecule has 3 aromatic carbocycles. The van der Waals surface area contributed by atoms with E-state index in [4.69, 9.17) is 18.5 Å². The van der Waals surface area contributed by atoms with E-state index < -0.39 is 13.6 Å². The average molecular weight is 466 g/mol. The van der Waals surface area contributed by atoms with E-state index in [9.17, 15) is 9.36 Å². The van der Waals surface area contributed by atoms with Crippen molar-refractivity contribution < 1.29 is 27.9 Å². The Hall–Kier alpha value is -3.50. The molecule has 0 N–H and O–H groups in total. The first-order chi connectivity index (χ1) is 15.8. The molecular formula is C26H27O6P. The lowest BCUT2D eigenvalue weighted by Gasteiger charge is -2.19. The van der Waals surface area contributed by atoms with Gasteiger partial charge in [0, 0.05) is 0 Å². The van der Waals surface area contributed by atoms with Crippen molar-refractivity contribution in [2.24, 2.45) is 0 Å². The SMILES string of the molecule is COC(=O)c1cc(C)c(OC)cc1/C(C)=C/CP(=O)(Oc1ccccc1)Oc1ccccc1. The maximum atomic E-state index is 13.7. The molecule has 0 unspecified atom stereocenters. The lowest BCUT2D eigenvalue weighted by atomic mass is 9.97. The number of carbonyl (C=O) groups is 1. The van der Waals surface area contributed by atoms with Crippen molar-refractivity contribution in [2.45, 2.75) is 13.8 Å². The molecule has 0 aliphatic heterocycles. The third-order valence-electron chi connectivity index (χ3n) is 4.96. The van der Waals surface area contributed by atoms with Crippen LogP contribution < -0.4 is 13.8 Å².